The van der Waals surface area contributed by atoms with E-state index in [0.29, 0.717) is 12.8 Å². The molecule has 0 spiro atoms. The molecule has 0 aliphatic heterocycles. The quantitative estimate of drug-likeness (QED) is 0.0261. The van der Waals surface area contributed by atoms with Gasteiger partial charge in [0.2, 0.25) is 0 Å². The molecule has 0 aliphatic rings. The van der Waals surface area contributed by atoms with Crippen molar-refractivity contribution < 1.29 is 28.6 Å². The molecule has 1 atom stereocenters. The van der Waals surface area contributed by atoms with Gasteiger partial charge >= 0.3 is 17.9 Å². The zero-order valence-corrected chi connectivity index (χ0v) is 55.2. The van der Waals surface area contributed by atoms with Crippen LogP contribution in [0.15, 0.2) is 85.1 Å². The summed E-state index contributed by atoms with van der Waals surface area (Å²) >= 11 is 0. The van der Waals surface area contributed by atoms with Crippen molar-refractivity contribution in [1.82, 2.24) is 0 Å². The summed E-state index contributed by atoms with van der Waals surface area (Å²) in [6.45, 7) is 6.53. The number of rotatable bonds is 66. The van der Waals surface area contributed by atoms with Crippen molar-refractivity contribution in [2.45, 2.75) is 374 Å². The van der Waals surface area contributed by atoms with Gasteiger partial charge < -0.3 is 14.2 Å². The van der Waals surface area contributed by atoms with Crippen LogP contribution in [0.25, 0.3) is 0 Å². The number of unbranched alkanes of at least 4 members (excludes halogenated alkanes) is 41. The Morgan fingerprint density at radius 1 is 0.253 bits per heavy atom. The first-order chi connectivity index (χ1) is 41.0. The Morgan fingerprint density at radius 3 is 0.759 bits per heavy atom. The molecule has 0 radical (unpaired) electrons. The number of hydrogen-bond acceptors (Lipinski definition) is 6. The third-order valence-electron chi connectivity index (χ3n) is 15.9. The Balaban J connectivity index is 4.25. The third kappa shape index (κ3) is 69.3. The van der Waals surface area contributed by atoms with Gasteiger partial charge in [0.1, 0.15) is 13.2 Å². The highest BCUT2D eigenvalue weighted by molar-refractivity contribution is 5.71. The van der Waals surface area contributed by atoms with Gasteiger partial charge in [-0.15, -0.1) is 0 Å². The van der Waals surface area contributed by atoms with E-state index in [0.717, 1.165) is 103 Å². The second-order valence-corrected chi connectivity index (χ2v) is 24.1. The average molecular weight is 1160 g/mol. The summed E-state index contributed by atoms with van der Waals surface area (Å²) < 4.78 is 17.0. The van der Waals surface area contributed by atoms with Crippen molar-refractivity contribution >= 4 is 17.9 Å². The molecule has 6 heteroatoms. The zero-order valence-electron chi connectivity index (χ0n) is 55.2. The minimum absolute atomic E-state index is 0.0899. The molecule has 0 saturated carbocycles. The molecule has 6 nitrogen and oxygen atoms in total. The summed E-state index contributed by atoms with van der Waals surface area (Å²) in [5.74, 6) is -0.914. The molecule has 0 heterocycles. The van der Waals surface area contributed by atoms with Crippen LogP contribution in [0.5, 0.6) is 0 Å². The van der Waals surface area contributed by atoms with Crippen molar-refractivity contribution in [3.8, 4) is 0 Å². The number of esters is 3. The van der Waals surface area contributed by atoms with Crippen LogP contribution in [0, 0.1) is 0 Å². The SMILES string of the molecule is CC/C=C\C/C=C\C/C=C\C/C=C\C/C=C\CCCCCC(=O)OC(COC(=O)CCCCCCC/C=C\CCCCCCCC)COC(=O)CCCCCCCCCCCCCCCCCCCCC/C=C\CCCCCCCCCC. The molecule has 0 rings (SSSR count). The van der Waals surface area contributed by atoms with Crippen LogP contribution in [0.1, 0.15) is 367 Å². The lowest BCUT2D eigenvalue weighted by Gasteiger charge is -2.18. The van der Waals surface area contributed by atoms with E-state index < -0.39 is 6.10 Å². The van der Waals surface area contributed by atoms with E-state index in [1.165, 1.54) is 225 Å². The summed E-state index contributed by atoms with van der Waals surface area (Å²) in [6, 6.07) is 0. The molecule has 0 N–H and O–H groups in total. The fourth-order valence-electron chi connectivity index (χ4n) is 10.5. The standard InChI is InChI=1S/C77H136O6/c1-4-7-10-13-16-19-22-25-28-30-32-33-34-35-36-37-38-39-40-41-42-43-45-46-49-52-55-58-61-64-67-70-76(79)82-73-74(72-81-75(78)69-66-63-60-57-54-51-48-27-24-21-18-15-12-9-6-3)83-77(80)71-68-65-62-59-56-53-50-47-44-31-29-26-23-20-17-14-11-8-5-2/h8,11,17,20,26-27,29-30,32,44,47-48,53,56,74H,4-7,9-10,12-16,18-19,21-25,28,31,33-43,45-46,49-52,54-55,57-73H2,1-3H3/b11-8-,20-17-,29-26-,32-30-,47-44-,48-27-,56-53-. The normalized spacial score (nSPS) is 12.6. The molecule has 480 valence electrons. The molecule has 0 aromatic carbocycles. The van der Waals surface area contributed by atoms with E-state index in [2.05, 4.69) is 106 Å². The molecule has 0 amide bonds. The first-order valence-electron chi connectivity index (χ1n) is 36.1. The second-order valence-electron chi connectivity index (χ2n) is 24.1. The van der Waals surface area contributed by atoms with E-state index >= 15 is 0 Å². The molecular formula is C77H136O6. The number of carbonyl (C=O) groups is 3. The summed E-state index contributed by atoms with van der Waals surface area (Å²) in [5, 5.41) is 0. The van der Waals surface area contributed by atoms with Crippen LogP contribution in [0.3, 0.4) is 0 Å². The summed E-state index contributed by atoms with van der Waals surface area (Å²) in [6.07, 6.45) is 94.8. The van der Waals surface area contributed by atoms with Gasteiger partial charge in [-0.1, -0.05) is 318 Å². The van der Waals surface area contributed by atoms with Crippen LogP contribution in [-0.2, 0) is 28.6 Å². The lowest BCUT2D eigenvalue weighted by molar-refractivity contribution is -0.167. The van der Waals surface area contributed by atoms with Gasteiger partial charge in [0.25, 0.3) is 0 Å². The van der Waals surface area contributed by atoms with Crippen LogP contribution in [0.2, 0.25) is 0 Å². The molecule has 1 unspecified atom stereocenters. The van der Waals surface area contributed by atoms with Crippen LogP contribution in [0.4, 0.5) is 0 Å². The zero-order chi connectivity index (χ0) is 59.9. The van der Waals surface area contributed by atoms with Gasteiger partial charge in [-0.25, -0.2) is 0 Å². The van der Waals surface area contributed by atoms with Crippen molar-refractivity contribution in [2.75, 3.05) is 13.2 Å². The fraction of sp³-hybridized carbons (Fsp3) is 0.779. The van der Waals surface area contributed by atoms with Crippen LogP contribution >= 0.6 is 0 Å². The Hall–Kier alpha value is -3.41. The van der Waals surface area contributed by atoms with Gasteiger partial charge in [0, 0.05) is 19.3 Å². The van der Waals surface area contributed by atoms with Crippen molar-refractivity contribution in [1.29, 1.82) is 0 Å². The Morgan fingerprint density at radius 2 is 0.470 bits per heavy atom. The third-order valence-corrected chi connectivity index (χ3v) is 15.9. The van der Waals surface area contributed by atoms with Crippen molar-refractivity contribution in [3.05, 3.63) is 85.1 Å². The predicted octanol–water partition coefficient (Wildman–Crippen LogP) is 25.0. The Kier molecular flexibility index (Phi) is 68.2. The van der Waals surface area contributed by atoms with Gasteiger partial charge in [-0.3, -0.25) is 14.4 Å². The number of allylic oxidation sites excluding steroid dienone is 14. The number of ether oxygens (including phenoxy) is 3. The smallest absolute Gasteiger partial charge is 0.306 e. The van der Waals surface area contributed by atoms with Crippen LogP contribution < -0.4 is 0 Å². The lowest BCUT2D eigenvalue weighted by Crippen LogP contribution is -2.30. The Bertz CT molecular complexity index is 1570. The first kappa shape index (κ1) is 79.6. The van der Waals surface area contributed by atoms with E-state index in [9.17, 15) is 14.4 Å². The van der Waals surface area contributed by atoms with Crippen LogP contribution in [-0.4, -0.2) is 37.2 Å². The Labute approximate surface area is 515 Å². The maximum atomic E-state index is 12.9. The monoisotopic (exact) mass is 1160 g/mol. The van der Waals surface area contributed by atoms with E-state index in [-0.39, 0.29) is 37.5 Å². The minimum atomic E-state index is -0.799. The average Bonchev–Trinajstić information content (AvgIpc) is 3.49. The molecule has 83 heavy (non-hydrogen) atoms. The minimum Gasteiger partial charge on any atom is -0.462 e. The highest BCUT2D eigenvalue weighted by Crippen LogP contribution is 2.18. The predicted molar refractivity (Wildman–Crippen MR) is 362 cm³/mol. The van der Waals surface area contributed by atoms with Crippen molar-refractivity contribution in [3.63, 3.8) is 0 Å². The molecule has 0 aromatic heterocycles. The van der Waals surface area contributed by atoms with Gasteiger partial charge in [-0.2, -0.15) is 0 Å². The number of hydrogen-bond donors (Lipinski definition) is 0. The first-order valence-corrected chi connectivity index (χ1v) is 36.1. The second kappa shape index (κ2) is 71.1. The maximum Gasteiger partial charge on any atom is 0.306 e. The van der Waals surface area contributed by atoms with E-state index in [1.807, 2.05) is 0 Å². The molecule has 0 aromatic rings. The van der Waals surface area contributed by atoms with Gasteiger partial charge in [-0.05, 0) is 116 Å². The highest BCUT2D eigenvalue weighted by atomic mass is 16.6. The topological polar surface area (TPSA) is 78.9 Å². The van der Waals surface area contributed by atoms with Gasteiger partial charge in [0.05, 0.1) is 0 Å². The largest absolute Gasteiger partial charge is 0.462 e. The highest BCUT2D eigenvalue weighted by Gasteiger charge is 2.19. The van der Waals surface area contributed by atoms with Gasteiger partial charge in [0.15, 0.2) is 6.10 Å². The molecule has 0 fully saturated rings. The van der Waals surface area contributed by atoms with E-state index in [1.54, 1.807) is 0 Å². The molecular weight excluding hydrogens is 1020 g/mol. The molecule has 0 aliphatic carbocycles. The molecule has 0 saturated heterocycles. The summed E-state index contributed by atoms with van der Waals surface area (Å²) in [5.41, 5.74) is 0. The summed E-state index contributed by atoms with van der Waals surface area (Å²) in [7, 11) is 0. The lowest BCUT2D eigenvalue weighted by atomic mass is 10.0. The fourth-order valence-corrected chi connectivity index (χ4v) is 10.5. The maximum absolute atomic E-state index is 12.9. The molecule has 0 bridgehead atoms. The number of carbonyl (C=O) groups excluding carboxylic acids is 3. The summed E-state index contributed by atoms with van der Waals surface area (Å²) in [4.78, 5) is 38.4. The van der Waals surface area contributed by atoms with E-state index in [4.69, 9.17) is 14.2 Å². The van der Waals surface area contributed by atoms with Crippen molar-refractivity contribution in [2.24, 2.45) is 0 Å².